The fraction of sp³-hybridized carbons (Fsp3) is 0.875. The Morgan fingerprint density at radius 2 is 2.31 bits per heavy atom. The summed E-state index contributed by atoms with van der Waals surface area (Å²) in [5, 5.41) is 0. The summed E-state index contributed by atoms with van der Waals surface area (Å²) in [7, 11) is 1.34. The lowest BCUT2D eigenvalue weighted by molar-refractivity contribution is -0.150. The Hall–Kier alpha value is -0.260. The molecular formula is C8H15NO3S. The molecule has 0 aromatic heterocycles. The normalized spacial score (nSPS) is 21.8. The van der Waals surface area contributed by atoms with E-state index in [4.69, 9.17) is 10.5 Å². The number of ether oxygens (including phenoxy) is 2. The molecule has 1 atom stereocenters. The quantitative estimate of drug-likeness (QED) is 0.655. The number of carbonyl (C=O) groups excluding carboxylic acids is 1. The summed E-state index contributed by atoms with van der Waals surface area (Å²) in [6.07, 6.45) is 0. The Morgan fingerprint density at radius 3 is 2.62 bits per heavy atom. The number of carbonyl (C=O) groups is 1. The van der Waals surface area contributed by atoms with E-state index in [2.05, 4.69) is 4.74 Å². The molecule has 1 heterocycles. The Bertz CT molecular complexity index is 194. The summed E-state index contributed by atoms with van der Waals surface area (Å²) in [5.74, 6) is 1.16. The number of thioether (sulfide) groups is 1. The molecule has 0 amide bonds. The van der Waals surface area contributed by atoms with Crippen LogP contribution in [0.3, 0.4) is 0 Å². The van der Waals surface area contributed by atoms with Crippen LogP contribution in [0.5, 0.6) is 0 Å². The highest BCUT2D eigenvalue weighted by Crippen LogP contribution is 2.35. The standard InChI is InChI=1S/C8H15NO3S/c1-3-12-8(4-13-5-8)6(9)7(10)11-2/h6H,3-5,9H2,1-2H3. The molecule has 13 heavy (non-hydrogen) atoms. The lowest BCUT2D eigenvalue weighted by Crippen LogP contribution is -2.62. The molecule has 1 saturated heterocycles. The van der Waals surface area contributed by atoms with Gasteiger partial charge in [-0.05, 0) is 6.92 Å². The van der Waals surface area contributed by atoms with Gasteiger partial charge < -0.3 is 15.2 Å². The van der Waals surface area contributed by atoms with Gasteiger partial charge in [0.25, 0.3) is 0 Å². The largest absolute Gasteiger partial charge is 0.468 e. The van der Waals surface area contributed by atoms with Crippen LogP contribution in [-0.4, -0.2) is 42.8 Å². The fourth-order valence-electron chi connectivity index (χ4n) is 1.29. The summed E-state index contributed by atoms with van der Waals surface area (Å²) >= 11 is 1.73. The Labute approximate surface area is 82.1 Å². The van der Waals surface area contributed by atoms with Gasteiger partial charge in [0, 0.05) is 18.1 Å². The van der Waals surface area contributed by atoms with E-state index >= 15 is 0 Å². The zero-order valence-corrected chi connectivity index (χ0v) is 8.73. The van der Waals surface area contributed by atoms with Crippen LogP contribution in [0.25, 0.3) is 0 Å². The molecule has 1 aliphatic rings. The maximum Gasteiger partial charge on any atom is 0.325 e. The minimum Gasteiger partial charge on any atom is -0.468 e. The molecule has 0 aromatic rings. The van der Waals surface area contributed by atoms with Gasteiger partial charge in [0.05, 0.1) is 7.11 Å². The molecule has 0 aromatic carbocycles. The molecule has 1 unspecified atom stereocenters. The second kappa shape index (κ2) is 4.30. The first-order valence-corrected chi connectivity index (χ1v) is 5.37. The van der Waals surface area contributed by atoms with Gasteiger partial charge in [-0.25, -0.2) is 0 Å². The third kappa shape index (κ3) is 1.98. The monoisotopic (exact) mass is 205 g/mol. The Balaban J connectivity index is 2.59. The molecule has 1 rings (SSSR count). The van der Waals surface area contributed by atoms with Crippen LogP contribution in [-0.2, 0) is 14.3 Å². The summed E-state index contributed by atoms with van der Waals surface area (Å²) < 4.78 is 10.1. The number of hydrogen-bond donors (Lipinski definition) is 1. The molecule has 5 heteroatoms. The van der Waals surface area contributed by atoms with Gasteiger partial charge in [0.2, 0.25) is 0 Å². The van der Waals surface area contributed by atoms with Crippen molar-refractivity contribution in [2.24, 2.45) is 5.73 Å². The highest BCUT2D eigenvalue weighted by Gasteiger charge is 2.48. The van der Waals surface area contributed by atoms with E-state index < -0.39 is 17.6 Å². The van der Waals surface area contributed by atoms with Crippen LogP contribution in [0, 0.1) is 0 Å². The zero-order valence-electron chi connectivity index (χ0n) is 7.91. The van der Waals surface area contributed by atoms with Gasteiger partial charge in [-0.1, -0.05) is 0 Å². The van der Waals surface area contributed by atoms with Crippen LogP contribution in [0.2, 0.25) is 0 Å². The average Bonchev–Trinajstić information content (AvgIpc) is 2.09. The number of nitrogens with two attached hydrogens (primary N) is 1. The predicted octanol–water partition coefficient (Wildman–Crippen LogP) is 0.00880. The Kier molecular flexibility index (Phi) is 3.58. The number of rotatable bonds is 4. The fourth-order valence-corrected chi connectivity index (χ4v) is 2.42. The van der Waals surface area contributed by atoms with Crippen molar-refractivity contribution >= 4 is 17.7 Å². The van der Waals surface area contributed by atoms with Crippen LogP contribution in [0.4, 0.5) is 0 Å². The molecule has 1 aliphatic heterocycles. The third-order valence-corrected chi connectivity index (χ3v) is 3.53. The van der Waals surface area contributed by atoms with Crippen molar-refractivity contribution in [3.8, 4) is 0 Å². The molecule has 0 aliphatic carbocycles. The zero-order chi connectivity index (χ0) is 9.90. The molecule has 0 bridgehead atoms. The minimum atomic E-state index is -0.654. The van der Waals surface area contributed by atoms with Gasteiger partial charge in [-0.2, -0.15) is 11.8 Å². The molecular weight excluding hydrogens is 190 g/mol. The Morgan fingerprint density at radius 1 is 1.69 bits per heavy atom. The lowest BCUT2D eigenvalue weighted by Gasteiger charge is -2.43. The first-order chi connectivity index (χ1) is 6.16. The van der Waals surface area contributed by atoms with Crippen molar-refractivity contribution in [3.63, 3.8) is 0 Å². The SMILES string of the molecule is CCOC1(C(N)C(=O)OC)CSC1. The van der Waals surface area contributed by atoms with Gasteiger partial charge in [0.1, 0.15) is 11.6 Å². The average molecular weight is 205 g/mol. The van der Waals surface area contributed by atoms with E-state index in [1.165, 1.54) is 7.11 Å². The lowest BCUT2D eigenvalue weighted by atomic mass is 9.98. The second-order valence-electron chi connectivity index (χ2n) is 2.99. The molecule has 4 nitrogen and oxygen atoms in total. The number of methoxy groups -OCH3 is 1. The van der Waals surface area contributed by atoms with Crippen LogP contribution < -0.4 is 5.73 Å². The van der Waals surface area contributed by atoms with E-state index in [9.17, 15) is 4.79 Å². The van der Waals surface area contributed by atoms with E-state index in [0.717, 1.165) is 11.5 Å². The van der Waals surface area contributed by atoms with E-state index in [0.29, 0.717) is 6.61 Å². The van der Waals surface area contributed by atoms with E-state index in [-0.39, 0.29) is 0 Å². The molecule has 0 radical (unpaired) electrons. The maximum atomic E-state index is 11.2. The van der Waals surface area contributed by atoms with Crippen molar-refractivity contribution < 1.29 is 14.3 Å². The minimum absolute atomic E-state index is 0.395. The summed E-state index contributed by atoms with van der Waals surface area (Å²) in [5.41, 5.74) is 5.26. The first kappa shape index (κ1) is 10.8. The highest BCUT2D eigenvalue weighted by molar-refractivity contribution is 8.00. The van der Waals surface area contributed by atoms with Gasteiger partial charge in [-0.3, -0.25) is 4.79 Å². The first-order valence-electron chi connectivity index (χ1n) is 4.21. The summed E-state index contributed by atoms with van der Waals surface area (Å²) in [6.45, 7) is 2.47. The smallest absolute Gasteiger partial charge is 0.325 e. The van der Waals surface area contributed by atoms with Crippen molar-refractivity contribution in [1.82, 2.24) is 0 Å². The summed E-state index contributed by atoms with van der Waals surface area (Å²) in [6, 6.07) is -0.654. The number of esters is 1. The van der Waals surface area contributed by atoms with Crippen molar-refractivity contribution in [2.75, 3.05) is 25.2 Å². The highest BCUT2D eigenvalue weighted by atomic mass is 32.2. The maximum absolute atomic E-state index is 11.2. The van der Waals surface area contributed by atoms with Crippen molar-refractivity contribution in [2.45, 2.75) is 18.6 Å². The van der Waals surface area contributed by atoms with Crippen LogP contribution >= 0.6 is 11.8 Å². The molecule has 0 saturated carbocycles. The van der Waals surface area contributed by atoms with Crippen molar-refractivity contribution in [3.05, 3.63) is 0 Å². The topological polar surface area (TPSA) is 61.5 Å². The van der Waals surface area contributed by atoms with Gasteiger partial charge in [0.15, 0.2) is 0 Å². The van der Waals surface area contributed by atoms with Crippen LogP contribution in [0.15, 0.2) is 0 Å². The third-order valence-electron chi connectivity index (χ3n) is 2.15. The summed E-state index contributed by atoms with van der Waals surface area (Å²) in [4.78, 5) is 11.2. The molecule has 1 fully saturated rings. The van der Waals surface area contributed by atoms with Crippen molar-refractivity contribution in [1.29, 1.82) is 0 Å². The second-order valence-corrected chi connectivity index (χ2v) is 3.98. The van der Waals surface area contributed by atoms with E-state index in [1.54, 1.807) is 11.8 Å². The number of hydrogen-bond acceptors (Lipinski definition) is 5. The van der Waals surface area contributed by atoms with Gasteiger partial charge in [-0.15, -0.1) is 0 Å². The predicted molar refractivity (Wildman–Crippen MR) is 51.7 cm³/mol. The molecule has 76 valence electrons. The molecule has 0 spiro atoms. The van der Waals surface area contributed by atoms with Crippen LogP contribution in [0.1, 0.15) is 6.92 Å². The molecule has 2 N–H and O–H groups in total. The van der Waals surface area contributed by atoms with E-state index in [1.807, 2.05) is 6.92 Å². The van der Waals surface area contributed by atoms with Gasteiger partial charge >= 0.3 is 5.97 Å².